The van der Waals surface area contributed by atoms with E-state index in [0.717, 1.165) is 25.2 Å². The Bertz CT molecular complexity index is 490. The van der Waals surface area contributed by atoms with Gasteiger partial charge in [-0.15, -0.1) is 0 Å². The molecule has 1 atom stereocenters. The largest absolute Gasteiger partial charge is 0.493 e. The minimum absolute atomic E-state index is 0.410. The third-order valence-electron chi connectivity index (χ3n) is 5.68. The summed E-state index contributed by atoms with van der Waals surface area (Å²) in [6, 6.07) is 6.73. The molecule has 3 rings (SSSR count). The van der Waals surface area contributed by atoms with Crippen molar-refractivity contribution in [2.45, 2.75) is 45.4 Å². The van der Waals surface area contributed by atoms with Gasteiger partial charge in [0.05, 0.1) is 6.61 Å². The van der Waals surface area contributed by atoms with Crippen molar-refractivity contribution in [3.05, 3.63) is 29.3 Å². The smallest absolute Gasteiger partial charge is 0.122 e. The van der Waals surface area contributed by atoms with Gasteiger partial charge in [-0.05, 0) is 46.8 Å². The Morgan fingerprint density at radius 2 is 1.89 bits per heavy atom. The first-order chi connectivity index (χ1) is 8.85. The summed E-state index contributed by atoms with van der Waals surface area (Å²) in [4.78, 5) is 0.449. The molecule has 0 amide bonds. The van der Waals surface area contributed by atoms with E-state index in [9.17, 15) is 0 Å². The highest BCUT2D eigenvalue weighted by Crippen LogP contribution is 2.74. The lowest BCUT2D eigenvalue weighted by Gasteiger charge is -2.20. The Hall–Kier alpha value is -0.500. The van der Waals surface area contributed by atoms with Crippen molar-refractivity contribution in [3.63, 3.8) is 0 Å². The molecular formula is C17H23BrO. The molecule has 1 aromatic rings. The summed E-state index contributed by atoms with van der Waals surface area (Å²) < 4.78 is 5.70. The van der Waals surface area contributed by atoms with E-state index in [1.165, 1.54) is 11.1 Å². The fraction of sp³-hybridized carbons (Fsp3) is 0.647. The van der Waals surface area contributed by atoms with E-state index in [-0.39, 0.29) is 0 Å². The van der Waals surface area contributed by atoms with E-state index in [4.69, 9.17) is 4.74 Å². The zero-order valence-electron chi connectivity index (χ0n) is 12.3. The van der Waals surface area contributed by atoms with E-state index in [0.29, 0.717) is 21.6 Å². The van der Waals surface area contributed by atoms with Crippen LogP contribution in [0.5, 0.6) is 5.75 Å². The van der Waals surface area contributed by atoms with Gasteiger partial charge in [-0.25, -0.2) is 0 Å². The van der Waals surface area contributed by atoms with Crippen LogP contribution in [0.3, 0.4) is 0 Å². The minimum atomic E-state index is 0.410. The van der Waals surface area contributed by atoms with E-state index in [1.54, 1.807) is 0 Å². The second-order valence-corrected chi connectivity index (χ2v) is 8.13. The standard InChI is InChI=1S/C17H23BrO/c1-16(2)15(17(16,3)4)14(18)12-7-8-13-11(10-12)6-5-9-19-13/h7-8,10,14-15H,5-6,9H2,1-4H3. The number of benzene rings is 1. The summed E-state index contributed by atoms with van der Waals surface area (Å²) in [6.07, 6.45) is 2.30. The molecular weight excluding hydrogens is 300 g/mol. The van der Waals surface area contributed by atoms with Crippen LogP contribution in [0.1, 0.15) is 50.1 Å². The SMILES string of the molecule is CC1(C)C(C(Br)c2ccc3c(c2)CCCO3)C1(C)C. The molecule has 0 bridgehead atoms. The van der Waals surface area contributed by atoms with E-state index in [2.05, 4.69) is 61.8 Å². The van der Waals surface area contributed by atoms with Crippen molar-refractivity contribution in [3.8, 4) is 5.75 Å². The topological polar surface area (TPSA) is 9.23 Å². The van der Waals surface area contributed by atoms with Crippen LogP contribution in [0, 0.1) is 16.7 Å². The van der Waals surface area contributed by atoms with E-state index in [1.807, 2.05) is 0 Å². The molecule has 0 spiro atoms. The summed E-state index contributed by atoms with van der Waals surface area (Å²) >= 11 is 3.95. The van der Waals surface area contributed by atoms with Crippen LogP contribution < -0.4 is 4.74 Å². The highest BCUT2D eigenvalue weighted by Gasteiger charge is 2.66. The molecule has 1 saturated carbocycles. The molecule has 0 N–H and O–H groups in total. The van der Waals surface area contributed by atoms with Crippen LogP contribution >= 0.6 is 15.9 Å². The Morgan fingerprint density at radius 1 is 1.21 bits per heavy atom. The maximum Gasteiger partial charge on any atom is 0.122 e. The molecule has 1 fully saturated rings. The summed E-state index contributed by atoms with van der Waals surface area (Å²) in [5, 5.41) is 0. The zero-order chi connectivity index (χ0) is 13.8. The van der Waals surface area contributed by atoms with Gasteiger partial charge in [-0.1, -0.05) is 55.8 Å². The van der Waals surface area contributed by atoms with Gasteiger partial charge < -0.3 is 4.74 Å². The van der Waals surface area contributed by atoms with Crippen molar-refractivity contribution in [1.82, 2.24) is 0 Å². The molecule has 2 aliphatic rings. The molecule has 0 saturated heterocycles. The van der Waals surface area contributed by atoms with Gasteiger partial charge in [-0.3, -0.25) is 0 Å². The van der Waals surface area contributed by atoms with Gasteiger partial charge in [-0.2, -0.15) is 0 Å². The van der Waals surface area contributed by atoms with Crippen LogP contribution in [0.4, 0.5) is 0 Å². The molecule has 2 heteroatoms. The zero-order valence-corrected chi connectivity index (χ0v) is 13.9. The second kappa shape index (κ2) is 4.25. The lowest BCUT2D eigenvalue weighted by atomic mass is 9.98. The molecule has 0 radical (unpaired) electrons. The Morgan fingerprint density at radius 3 is 2.53 bits per heavy atom. The first kappa shape index (κ1) is 13.5. The average molecular weight is 323 g/mol. The molecule has 104 valence electrons. The number of halogens is 1. The molecule has 1 aliphatic heterocycles. The van der Waals surface area contributed by atoms with Crippen LogP contribution in [0.2, 0.25) is 0 Å². The maximum atomic E-state index is 5.70. The van der Waals surface area contributed by atoms with Gasteiger partial charge >= 0.3 is 0 Å². The second-order valence-electron chi connectivity index (χ2n) is 7.14. The van der Waals surface area contributed by atoms with Crippen molar-refractivity contribution in [1.29, 1.82) is 0 Å². The molecule has 19 heavy (non-hydrogen) atoms. The van der Waals surface area contributed by atoms with Gasteiger partial charge in [0.15, 0.2) is 0 Å². The number of fused-ring (bicyclic) bond motifs is 1. The van der Waals surface area contributed by atoms with E-state index >= 15 is 0 Å². The van der Waals surface area contributed by atoms with Crippen molar-refractivity contribution >= 4 is 15.9 Å². The molecule has 1 nitrogen and oxygen atoms in total. The van der Waals surface area contributed by atoms with Gasteiger partial charge in [0.2, 0.25) is 0 Å². The third kappa shape index (κ3) is 1.94. The van der Waals surface area contributed by atoms with Crippen molar-refractivity contribution in [2.24, 2.45) is 16.7 Å². The van der Waals surface area contributed by atoms with Crippen molar-refractivity contribution < 1.29 is 4.74 Å². The molecule has 1 aliphatic carbocycles. The van der Waals surface area contributed by atoms with Crippen molar-refractivity contribution in [2.75, 3.05) is 6.61 Å². The lowest BCUT2D eigenvalue weighted by molar-refractivity contribution is 0.288. The Balaban J connectivity index is 1.87. The first-order valence-electron chi connectivity index (χ1n) is 7.25. The minimum Gasteiger partial charge on any atom is -0.493 e. The number of aryl methyl sites for hydroxylation is 1. The summed E-state index contributed by atoms with van der Waals surface area (Å²) in [6.45, 7) is 10.4. The fourth-order valence-electron chi connectivity index (χ4n) is 3.72. The highest BCUT2D eigenvalue weighted by molar-refractivity contribution is 9.09. The summed E-state index contributed by atoms with van der Waals surface area (Å²) in [5.74, 6) is 1.78. The number of alkyl halides is 1. The highest BCUT2D eigenvalue weighted by atomic mass is 79.9. The number of ether oxygens (including phenoxy) is 1. The molecule has 1 aromatic carbocycles. The van der Waals surface area contributed by atoms with E-state index < -0.39 is 0 Å². The molecule has 1 unspecified atom stereocenters. The number of hydrogen-bond donors (Lipinski definition) is 0. The number of rotatable bonds is 2. The van der Waals surface area contributed by atoms with Crippen LogP contribution in [0.15, 0.2) is 18.2 Å². The average Bonchev–Trinajstić information content (AvgIpc) is 2.78. The first-order valence-corrected chi connectivity index (χ1v) is 8.17. The predicted octanol–water partition coefficient (Wildman–Crippen LogP) is 5.13. The van der Waals surface area contributed by atoms with Crippen LogP contribution in [-0.2, 0) is 6.42 Å². The lowest BCUT2D eigenvalue weighted by Crippen LogP contribution is -2.09. The quantitative estimate of drug-likeness (QED) is 0.686. The van der Waals surface area contributed by atoms with Gasteiger partial charge in [0.25, 0.3) is 0 Å². The Kier molecular flexibility index (Phi) is 3.01. The van der Waals surface area contributed by atoms with Crippen LogP contribution in [0.25, 0.3) is 0 Å². The predicted molar refractivity (Wildman–Crippen MR) is 83.0 cm³/mol. The monoisotopic (exact) mass is 322 g/mol. The fourth-order valence-corrected chi connectivity index (χ4v) is 5.33. The third-order valence-corrected chi connectivity index (χ3v) is 6.73. The van der Waals surface area contributed by atoms with Crippen LogP contribution in [-0.4, -0.2) is 6.61 Å². The summed E-state index contributed by atoms with van der Waals surface area (Å²) in [5.41, 5.74) is 3.61. The Labute approximate surface area is 124 Å². The van der Waals surface area contributed by atoms with Gasteiger partial charge in [0, 0.05) is 4.83 Å². The molecule has 1 heterocycles. The normalized spacial score (nSPS) is 25.3. The summed E-state index contributed by atoms with van der Waals surface area (Å²) in [7, 11) is 0. The number of hydrogen-bond acceptors (Lipinski definition) is 1. The maximum absolute atomic E-state index is 5.70. The van der Waals surface area contributed by atoms with Gasteiger partial charge in [0.1, 0.15) is 5.75 Å². The molecule has 0 aromatic heterocycles.